The Balaban J connectivity index is 1.23. The van der Waals surface area contributed by atoms with Crippen molar-refractivity contribution in [3.8, 4) is 28.4 Å². The average Bonchev–Trinajstić information content (AvgIpc) is 3.06. The van der Waals surface area contributed by atoms with Crippen LogP contribution in [0.15, 0.2) is 91.5 Å². The summed E-state index contributed by atoms with van der Waals surface area (Å²) in [6.07, 6.45) is 5.94. The fraction of sp³-hybridized carbons (Fsp3) is 0.278. The van der Waals surface area contributed by atoms with Gasteiger partial charge in [-0.05, 0) is 85.3 Å². The molecule has 4 rings (SSSR count). The van der Waals surface area contributed by atoms with Gasteiger partial charge in [-0.25, -0.2) is 18.8 Å². The van der Waals surface area contributed by atoms with Crippen molar-refractivity contribution >= 4 is 23.9 Å². The average molecular weight is 631 g/mol. The molecule has 0 aromatic heterocycles. The first-order chi connectivity index (χ1) is 22.2. The third-order valence-electron chi connectivity index (χ3n) is 7.08. The highest BCUT2D eigenvalue weighted by atomic mass is 19.1. The minimum Gasteiger partial charge on any atom is -0.490 e. The summed E-state index contributed by atoms with van der Waals surface area (Å²) in [5, 5.41) is 0. The minimum atomic E-state index is -0.753. The molecule has 1 saturated carbocycles. The summed E-state index contributed by atoms with van der Waals surface area (Å²) in [5.41, 5.74) is 1.51. The van der Waals surface area contributed by atoms with Crippen LogP contribution in [0, 0.1) is 5.82 Å². The summed E-state index contributed by atoms with van der Waals surface area (Å²) < 4.78 is 41.0. The van der Waals surface area contributed by atoms with Crippen LogP contribution in [0.1, 0.15) is 55.3 Å². The van der Waals surface area contributed by atoms with Crippen molar-refractivity contribution in [2.45, 2.75) is 51.0 Å². The molecule has 0 spiro atoms. The standard InChI is InChI=1S/C36H35FO9/c1-3-33(38)43-21-7-20-42-32-19-14-27(23-31(32)37)25-10-12-26(13-11-25)36(41)46-30-17-15-29(16-18-30)45-35(40)24(2)22-34(39)44-28-8-5-4-6-9-28/h3,10-19,23,28H,1-2,4-9,20-22H2. The van der Waals surface area contributed by atoms with E-state index in [1.807, 2.05) is 0 Å². The van der Waals surface area contributed by atoms with Gasteiger partial charge in [-0.2, -0.15) is 0 Å². The third-order valence-corrected chi connectivity index (χ3v) is 7.08. The van der Waals surface area contributed by atoms with E-state index in [2.05, 4.69) is 13.2 Å². The smallest absolute Gasteiger partial charge is 0.343 e. The van der Waals surface area contributed by atoms with Gasteiger partial charge in [-0.1, -0.05) is 37.8 Å². The molecule has 0 amide bonds. The van der Waals surface area contributed by atoms with Crippen LogP contribution in [-0.4, -0.2) is 43.2 Å². The van der Waals surface area contributed by atoms with Gasteiger partial charge in [0.2, 0.25) is 0 Å². The second kappa shape index (κ2) is 16.7. The maximum absolute atomic E-state index is 14.6. The fourth-order valence-electron chi connectivity index (χ4n) is 4.65. The molecule has 0 atom stereocenters. The number of esters is 4. The SMILES string of the molecule is C=CC(=O)OCCCOc1ccc(-c2ccc(C(=O)Oc3ccc(OC(=O)C(=C)CC(=O)OC4CCCCC4)cc3)cc2)cc1F. The molecule has 10 heteroatoms. The van der Waals surface area contributed by atoms with Crippen molar-refractivity contribution in [3.63, 3.8) is 0 Å². The van der Waals surface area contributed by atoms with Crippen molar-refractivity contribution in [1.29, 1.82) is 0 Å². The largest absolute Gasteiger partial charge is 0.490 e. The first-order valence-corrected chi connectivity index (χ1v) is 15.0. The number of rotatable bonds is 14. The first-order valence-electron chi connectivity index (χ1n) is 15.0. The Morgan fingerprint density at radius 1 is 0.826 bits per heavy atom. The lowest BCUT2D eigenvalue weighted by Crippen LogP contribution is -2.22. The number of hydrogen-bond donors (Lipinski definition) is 0. The fourth-order valence-corrected chi connectivity index (χ4v) is 4.65. The normalized spacial score (nSPS) is 12.8. The molecule has 0 bridgehead atoms. The van der Waals surface area contributed by atoms with Crippen molar-refractivity contribution in [2.75, 3.05) is 13.2 Å². The molecule has 0 aliphatic heterocycles. The Morgan fingerprint density at radius 2 is 1.48 bits per heavy atom. The molecule has 0 radical (unpaired) electrons. The van der Waals surface area contributed by atoms with Crippen LogP contribution >= 0.6 is 0 Å². The molecule has 0 saturated heterocycles. The number of benzene rings is 3. The Kier molecular flexibility index (Phi) is 12.2. The summed E-state index contributed by atoms with van der Waals surface area (Å²) in [5.74, 6) is -2.48. The maximum Gasteiger partial charge on any atom is 0.343 e. The second-order valence-corrected chi connectivity index (χ2v) is 10.6. The monoisotopic (exact) mass is 630 g/mol. The predicted octanol–water partition coefficient (Wildman–Crippen LogP) is 6.94. The third kappa shape index (κ3) is 10.2. The van der Waals surface area contributed by atoms with Gasteiger partial charge in [0.15, 0.2) is 11.6 Å². The molecule has 3 aromatic rings. The highest BCUT2D eigenvalue weighted by Gasteiger charge is 2.21. The van der Waals surface area contributed by atoms with E-state index in [4.69, 9.17) is 23.7 Å². The molecule has 3 aromatic carbocycles. The van der Waals surface area contributed by atoms with Gasteiger partial charge >= 0.3 is 23.9 Å². The summed E-state index contributed by atoms with van der Waals surface area (Å²) in [6.45, 7) is 7.26. The van der Waals surface area contributed by atoms with Crippen molar-refractivity contribution in [2.24, 2.45) is 0 Å². The highest BCUT2D eigenvalue weighted by Crippen LogP contribution is 2.27. The van der Waals surface area contributed by atoms with Gasteiger partial charge in [0.25, 0.3) is 0 Å². The van der Waals surface area contributed by atoms with E-state index < -0.39 is 29.7 Å². The second-order valence-electron chi connectivity index (χ2n) is 10.6. The summed E-state index contributed by atoms with van der Waals surface area (Å²) in [4.78, 5) is 48.3. The lowest BCUT2D eigenvalue weighted by molar-refractivity contribution is -0.150. The summed E-state index contributed by atoms with van der Waals surface area (Å²) in [7, 11) is 0. The van der Waals surface area contributed by atoms with Crippen molar-refractivity contribution in [1.82, 2.24) is 0 Å². The first kappa shape index (κ1) is 33.6. The number of ether oxygens (including phenoxy) is 5. The van der Waals surface area contributed by atoms with Crippen LogP contribution in [0.2, 0.25) is 0 Å². The molecular formula is C36H35FO9. The molecule has 1 fully saturated rings. The Labute approximate surface area is 266 Å². The Hall–Kier alpha value is -5.25. The van der Waals surface area contributed by atoms with E-state index in [-0.39, 0.29) is 54.1 Å². The maximum atomic E-state index is 14.6. The molecule has 1 aliphatic carbocycles. The number of halogens is 1. The molecule has 0 unspecified atom stereocenters. The number of carbonyl (C=O) groups excluding carboxylic acids is 4. The minimum absolute atomic E-state index is 0.0209. The number of carbonyl (C=O) groups is 4. The zero-order valence-electron chi connectivity index (χ0n) is 25.3. The molecule has 46 heavy (non-hydrogen) atoms. The van der Waals surface area contributed by atoms with Crippen LogP contribution in [-0.2, 0) is 23.9 Å². The molecule has 0 N–H and O–H groups in total. The van der Waals surface area contributed by atoms with Gasteiger partial charge in [0.05, 0.1) is 25.2 Å². The van der Waals surface area contributed by atoms with Crippen LogP contribution in [0.5, 0.6) is 17.2 Å². The lowest BCUT2D eigenvalue weighted by Gasteiger charge is -2.21. The lowest BCUT2D eigenvalue weighted by atomic mass is 9.98. The summed E-state index contributed by atoms with van der Waals surface area (Å²) >= 11 is 0. The quantitative estimate of drug-likeness (QED) is 0.0809. The van der Waals surface area contributed by atoms with Crippen LogP contribution in [0.3, 0.4) is 0 Å². The van der Waals surface area contributed by atoms with Gasteiger partial charge in [-0.3, -0.25) is 4.79 Å². The molecule has 240 valence electrons. The van der Waals surface area contributed by atoms with Gasteiger partial charge in [-0.15, -0.1) is 0 Å². The van der Waals surface area contributed by atoms with E-state index in [9.17, 15) is 23.6 Å². The van der Waals surface area contributed by atoms with Gasteiger partial charge in [0, 0.05) is 18.1 Å². The van der Waals surface area contributed by atoms with E-state index in [1.165, 1.54) is 36.4 Å². The van der Waals surface area contributed by atoms with Crippen LogP contribution in [0.4, 0.5) is 4.39 Å². The van der Waals surface area contributed by atoms with E-state index in [0.29, 0.717) is 17.5 Å². The molecule has 1 aliphatic rings. The molecular weight excluding hydrogens is 595 g/mol. The van der Waals surface area contributed by atoms with Crippen LogP contribution < -0.4 is 14.2 Å². The van der Waals surface area contributed by atoms with Gasteiger partial charge < -0.3 is 23.7 Å². The zero-order chi connectivity index (χ0) is 32.9. The molecule has 9 nitrogen and oxygen atoms in total. The predicted molar refractivity (Wildman–Crippen MR) is 167 cm³/mol. The number of hydrogen-bond acceptors (Lipinski definition) is 9. The highest BCUT2D eigenvalue weighted by molar-refractivity contribution is 5.94. The zero-order valence-corrected chi connectivity index (χ0v) is 25.3. The summed E-state index contributed by atoms with van der Waals surface area (Å²) in [6, 6.07) is 16.8. The topological polar surface area (TPSA) is 114 Å². The van der Waals surface area contributed by atoms with E-state index in [1.54, 1.807) is 30.3 Å². The Bertz CT molecular complexity index is 1560. The van der Waals surface area contributed by atoms with E-state index in [0.717, 1.165) is 38.2 Å². The Morgan fingerprint density at radius 3 is 2.13 bits per heavy atom. The van der Waals surface area contributed by atoms with Crippen molar-refractivity contribution < 1.29 is 47.3 Å². The molecule has 0 heterocycles. The van der Waals surface area contributed by atoms with E-state index >= 15 is 0 Å². The van der Waals surface area contributed by atoms with Crippen molar-refractivity contribution in [3.05, 3.63) is 103 Å². The van der Waals surface area contributed by atoms with Gasteiger partial charge in [0.1, 0.15) is 17.6 Å². The van der Waals surface area contributed by atoms with Crippen LogP contribution in [0.25, 0.3) is 11.1 Å².